The Labute approximate surface area is 149 Å². The molecular weight excluding hydrogens is 290 g/mol. The zero-order valence-electron chi connectivity index (χ0n) is 16.4. The normalized spacial score (nSPS) is 13.0. The second-order valence-electron chi connectivity index (χ2n) is 5.33. The summed E-state index contributed by atoms with van der Waals surface area (Å²) in [5.74, 6) is 0. The van der Waals surface area contributed by atoms with Gasteiger partial charge in [-0.3, -0.25) is 0 Å². The van der Waals surface area contributed by atoms with Crippen molar-refractivity contribution >= 4 is 5.57 Å². The molecule has 0 amide bonds. The van der Waals surface area contributed by atoms with Gasteiger partial charge in [0, 0.05) is 7.05 Å². The molecule has 0 bridgehead atoms. The van der Waals surface area contributed by atoms with E-state index in [-0.39, 0.29) is 0 Å². The predicted octanol–water partition coefficient (Wildman–Crippen LogP) is 6.61. The van der Waals surface area contributed by atoms with Crippen molar-refractivity contribution in [1.29, 1.82) is 0 Å². The Bertz CT molecular complexity index is 559. The minimum absolute atomic E-state index is 1.13. The van der Waals surface area contributed by atoms with Gasteiger partial charge in [0.05, 0.1) is 0 Å². The van der Waals surface area contributed by atoms with Crippen molar-refractivity contribution < 1.29 is 0 Å². The Morgan fingerprint density at radius 3 is 2.42 bits per heavy atom. The van der Waals surface area contributed by atoms with Gasteiger partial charge >= 0.3 is 0 Å². The molecule has 0 unspecified atom stereocenters. The van der Waals surface area contributed by atoms with E-state index in [1.54, 1.807) is 0 Å². The number of hydrogen-bond donors (Lipinski definition) is 1. The van der Waals surface area contributed by atoms with Crippen LogP contribution in [0.2, 0.25) is 0 Å². The summed E-state index contributed by atoms with van der Waals surface area (Å²) in [5, 5.41) is 2.87. The number of allylic oxidation sites excluding steroid dienone is 7. The molecule has 0 spiro atoms. The van der Waals surface area contributed by atoms with Gasteiger partial charge in [-0.1, -0.05) is 69.4 Å². The van der Waals surface area contributed by atoms with Crippen LogP contribution < -0.4 is 5.32 Å². The van der Waals surface area contributed by atoms with Crippen LogP contribution in [0, 0.1) is 6.92 Å². The molecule has 1 aromatic carbocycles. The minimum Gasteiger partial charge on any atom is -0.394 e. The molecular formula is C23H35N. The monoisotopic (exact) mass is 325 g/mol. The van der Waals surface area contributed by atoms with Gasteiger partial charge in [-0.25, -0.2) is 0 Å². The topological polar surface area (TPSA) is 12.0 Å². The first-order valence-corrected chi connectivity index (χ1v) is 9.13. The van der Waals surface area contributed by atoms with E-state index in [4.69, 9.17) is 0 Å². The molecule has 2 rings (SSSR count). The van der Waals surface area contributed by atoms with Crippen molar-refractivity contribution in [3.63, 3.8) is 0 Å². The van der Waals surface area contributed by atoms with Crippen LogP contribution in [0.15, 0.2) is 60.9 Å². The zero-order chi connectivity index (χ0) is 18.2. The SMILES string of the molecule is C/C=C\C=C/NC.CC.CCc1ccc(C2=CC=CCC2)cc1C. The predicted molar refractivity (Wildman–Crippen MR) is 111 cm³/mol. The second kappa shape index (κ2) is 14.6. The van der Waals surface area contributed by atoms with E-state index < -0.39 is 0 Å². The fourth-order valence-electron chi connectivity index (χ4n) is 2.40. The van der Waals surface area contributed by atoms with Crippen LogP contribution in [-0.2, 0) is 6.42 Å². The van der Waals surface area contributed by atoms with Crippen LogP contribution >= 0.6 is 0 Å². The molecule has 0 saturated heterocycles. The third kappa shape index (κ3) is 8.57. The highest BCUT2D eigenvalue weighted by Gasteiger charge is 2.04. The van der Waals surface area contributed by atoms with Crippen LogP contribution in [0.5, 0.6) is 0 Å². The van der Waals surface area contributed by atoms with Gasteiger partial charge in [-0.05, 0) is 67.6 Å². The van der Waals surface area contributed by atoms with Crippen LogP contribution in [0.3, 0.4) is 0 Å². The molecule has 0 aliphatic heterocycles. The molecule has 0 radical (unpaired) electrons. The van der Waals surface area contributed by atoms with Crippen molar-refractivity contribution in [3.8, 4) is 0 Å². The summed E-state index contributed by atoms with van der Waals surface area (Å²) >= 11 is 0. The Morgan fingerprint density at radius 2 is 1.92 bits per heavy atom. The molecule has 0 fully saturated rings. The molecule has 24 heavy (non-hydrogen) atoms. The van der Waals surface area contributed by atoms with Crippen molar-refractivity contribution in [2.75, 3.05) is 7.05 Å². The summed E-state index contributed by atoms with van der Waals surface area (Å²) in [6.45, 7) is 10.4. The first-order chi connectivity index (χ1) is 11.7. The van der Waals surface area contributed by atoms with Crippen molar-refractivity contribution in [2.24, 2.45) is 0 Å². The molecule has 0 saturated carbocycles. The summed E-state index contributed by atoms with van der Waals surface area (Å²) in [6.07, 6.45) is 17.9. The lowest BCUT2D eigenvalue weighted by molar-refractivity contribution is 1.05. The fourth-order valence-corrected chi connectivity index (χ4v) is 2.40. The smallest absolute Gasteiger partial charge is 0.00277 e. The lowest BCUT2D eigenvalue weighted by Gasteiger charge is -2.11. The Morgan fingerprint density at radius 1 is 1.17 bits per heavy atom. The van der Waals surface area contributed by atoms with Crippen molar-refractivity contribution in [2.45, 2.75) is 53.9 Å². The van der Waals surface area contributed by atoms with Crippen molar-refractivity contribution in [3.05, 3.63) is 77.5 Å². The van der Waals surface area contributed by atoms with E-state index in [2.05, 4.69) is 55.6 Å². The standard InChI is InChI=1S/C15H18.C6H11N.C2H6/c1-3-13-9-10-15(11-12(13)2)14-7-5-4-6-8-14;1-3-4-5-6-7-2;1-2/h4-5,7,9-11H,3,6,8H2,1-2H3;3-7H,1-2H3;1-2H3/b;4-3-,6-5-;. The van der Waals surface area contributed by atoms with Gasteiger partial charge in [0.2, 0.25) is 0 Å². The molecule has 1 aromatic rings. The lowest BCUT2D eigenvalue weighted by atomic mass is 9.94. The fraction of sp³-hybridized carbons (Fsp3) is 0.391. The van der Waals surface area contributed by atoms with Gasteiger partial charge in [0.25, 0.3) is 0 Å². The maximum atomic E-state index is 2.87. The van der Waals surface area contributed by atoms with Gasteiger partial charge < -0.3 is 5.32 Å². The largest absolute Gasteiger partial charge is 0.394 e. The Kier molecular flexibility index (Phi) is 13.3. The lowest BCUT2D eigenvalue weighted by Crippen LogP contribution is -1.92. The zero-order valence-corrected chi connectivity index (χ0v) is 16.4. The highest BCUT2D eigenvalue weighted by atomic mass is 14.8. The van der Waals surface area contributed by atoms with E-state index in [0.29, 0.717) is 0 Å². The van der Waals surface area contributed by atoms with E-state index in [9.17, 15) is 0 Å². The molecule has 1 aliphatic rings. The van der Waals surface area contributed by atoms with E-state index in [0.717, 1.165) is 6.42 Å². The quantitative estimate of drug-likeness (QED) is 0.614. The number of nitrogens with one attached hydrogen (secondary N) is 1. The van der Waals surface area contributed by atoms with Crippen molar-refractivity contribution in [1.82, 2.24) is 5.32 Å². The molecule has 0 aromatic heterocycles. The van der Waals surface area contributed by atoms with Gasteiger partial charge in [-0.15, -0.1) is 0 Å². The summed E-state index contributed by atoms with van der Waals surface area (Å²) in [6, 6.07) is 6.85. The summed E-state index contributed by atoms with van der Waals surface area (Å²) in [4.78, 5) is 0. The molecule has 1 N–H and O–H groups in total. The molecule has 0 heterocycles. The van der Waals surface area contributed by atoms with Crippen LogP contribution in [0.1, 0.15) is 57.2 Å². The summed E-state index contributed by atoms with van der Waals surface area (Å²) in [5.41, 5.74) is 5.76. The highest BCUT2D eigenvalue weighted by Crippen LogP contribution is 2.25. The van der Waals surface area contributed by atoms with Crippen LogP contribution in [0.4, 0.5) is 0 Å². The van der Waals surface area contributed by atoms with E-state index >= 15 is 0 Å². The third-order valence-electron chi connectivity index (χ3n) is 3.67. The average Bonchev–Trinajstić information content (AvgIpc) is 2.65. The van der Waals surface area contributed by atoms with Gasteiger partial charge in [0.15, 0.2) is 0 Å². The summed E-state index contributed by atoms with van der Waals surface area (Å²) < 4.78 is 0. The molecule has 132 valence electrons. The first-order valence-electron chi connectivity index (χ1n) is 9.13. The molecule has 1 nitrogen and oxygen atoms in total. The number of aryl methyl sites for hydroxylation is 2. The maximum absolute atomic E-state index is 2.87. The Balaban J connectivity index is 0.000000501. The summed E-state index contributed by atoms with van der Waals surface area (Å²) in [7, 11) is 1.88. The Hall–Kier alpha value is -2.02. The van der Waals surface area contributed by atoms with Gasteiger partial charge in [0.1, 0.15) is 0 Å². The third-order valence-corrected chi connectivity index (χ3v) is 3.67. The minimum atomic E-state index is 1.13. The highest BCUT2D eigenvalue weighted by molar-refractivity contribution is 5.69. The van der Waals surface area contributed by atoms with E-state index in [1.807, 2.05) is 52.2 Å². The van der Waals surface area contributed by atoms with Crippen LogP contribution in [-0.4, -0.2) is 7.05 Å². The number of rotatable bonds is 4. The first kappa shape index (κ1) is 22.0. The maximum Gasteiger partial charge on any atom is 0.00277 e. The van der Waals surface area contributed by atoms with E-state index in [1.165, 1.54) is 35.1 Å². The van der Waals surface area contributed by atoms with Crippen LogP contribution in [0.25, 0.3) is 5.57 Å². The molecule has 0 atom stereocenters. The second-order valence-corrected chi connectivity index (χ2v) is 5.33. The molecule has 1 aliphatic carbocycles. The number of hydrogen-bond acceptors (Lipinski definition) is 1. The van der Waals surface area contributed by atoms with Gasteiger partial charge in [-0.2, -0.15) is 0 Å². The number of benzene rings is 1. The average molecular weight is 326 g/mol. The molecule has 1 heteroatoms.